The van der Waals surface area contributed by atoms with Crippen molar-refractivity contribution in [1.29, 1.82) is 0 Å². The molecule has 1 saturated carbocycles. The second-order valence-electron chi connectivity index (χ2n) is 5.95. The highest BCUT2D eigenvalue weighted by molar-refractivity contribution is 5.79. The van der Waals surface area contributed by atoms with Crippen LogP contribution < -0.4 is 11.5 Å². The Labute approximate surface area is 111 Å². The van der Waals surface area contributed by atoms with E-state index in [2.05, 4.69) is 18.7 Å². The second-order valence-corrected chi connectivity index (χ2v) is 5.95. The van der Waals surface area contributed by atoms with E-state index in [4.69, 9.17) is 11.5 Å². The number of amides is 1. The predicted molar refractivity (Wildman–Crippen MR) is 75.1 cm³/mol. The van der Waals surface area contributed by atoms with Crippen molar-refractivity contribution < 1.29 is 4.79 Å². The van der Waals surface area contributed by atoms with Gasteiger partial charge in [-0.25, -0.2) is 0 Å². The minimum Gasteiger partial charge on any atom is -0.368 e. The molecule has 1 fully saturated rings. The van der Waals surface area contributed by atoms with Crippen molar-refractivity contribution in [2.24, 2.45) is 17.4 Å². The van der Waals surface area contributed by atoms with Crippen molar-refractivity contribution in [3.05, 3.63) is 0 Å². The number of primary amides is 1. The van der Waals surface area contributed by atoms with Gasteiger partial charge in [-0.3, -0.25) is 4.79 Å². The molecule has 0 bridgehead atoms. The van der Waals surface area contributed by atoms with Crippen LogP contribution in [0.1, 0.15) is 52.4 Å². The molecule has 4 nitrogen and oxygen atoms in total. The zero-order valence-corrected chi connectivity index (χ0v) is 11.9. The van der Waals surface area contributed by atoms with Gasteiger partial charge in [0, 0.05) is 12.6 Å². The fourth-order valence-electron chi connectivity index (χ4n) is 2.62. The minimum absolute atomic E-state index is 0.384. The third kappa shape index (κ3) is 5.36. The van der Waals surface area contributed by atoms with E-state index in [0.717, 1.165) is 19.0 Å². The van der Waals surface area contributed by atoms with Gasteiger partial charge in [-0.2, -0.15) is 0 Å². The molecule has 0 saturated heterocycles. The second kappa shape index (κ2) is 7.74. The van der Waals surface area contributed by atoms with E-state index >= 15 is 0 Å². The lowest BCUT2D eigenvalue weighted by molar-refractivity contribution is -0.119. The fraction of sp³-hybridized carbons (Fsp3) is 0.929. The lowest BCUT2D eigenvalue weighted by atomic mass is 10.1. The topological polar surface area (TPSA) is 72.3 Å². The molecule has 0 spiro atoms. The van der Waals surface area contributed by atoms with E-state index in [1.807, 2.05) is 0 Å². The molecule has 1 rings (SSSR count). The Balaban J connectivity index is 2.40. The number of hydrogen-bond acceptors (Lipinski definition) is 3. The van der Waals surface area contributed by atoms with Crippen molar-refractivity contribution in [2.75, 3.05) is 13.1 Å². The molecule has 1 aliphatic rings. The molecule has 0 heterocycles. The van der Waals surface area contributed by atoms with Crippen molar-refractivity contribution in [3.8, 4) is 0 Å². The van der Waals surface area contributed by atoms with E-state index in [-0.39, 0.29) is 5.91 Å². The first-order valence-corrected chi connectivity index (χ1v) is 7.29. The van der Waals surface area contributed by atoms with Crippen molar-refractivity contribution >= 4 is 5.91 Å². The molecule has 106 valence electrons. The summed E-state index contributed by atoms with van der Waals surface area (Å²) in [5.74, 6) is 0.337. The lowest BCUT2D eigenvalue weighted by Crippen LogP contribution is -2.42. The van der Waals surface area contributed by atoms with E-state index in [0.29, 0.717) is 12.5 Å². The summed E-state index contributed by atoms with van der Waals surface area (Å²) in [6.07, 6.45) is 7.16. The molecule has 0 aliphatic heterocycles. The average molecular weight is 255 g/mol. The monoisotopic (exact) mass is 255 g/mol. The molecular formula is C14H29N3O. The SMILES string of the molecule is CC(C)CCN(CCC(N)C(N)=O)C1CCCC1. The van der Waals surface area contributed by atoms with Crippen LogP contribution in [0.3, 0.4) is 0 Å². The first kappa shape index (κ1) is 15.4. The lowest BCUT2D eigenvalue weighted by Gasteiger charge is -2.30. The summed E-state index contributed by atoms with van der Waals surface area (Å²) in [4.78, 5) is 13.5. The molecule has 1 amide bonds. The number of carbonyl (C=O) groups is 1. The Morgan fingerprint density at radius 1 is 1.22 bits per heavy atom. The summed E-state index contributed by atoms with van der Waals surface area (Å²) in [6, 6.07) is 0.205. The molecule has 1 unspecified atom stereocenters. The number of rotatable bonds is 8. The third-order valence-electron chi connectivity index (χ3n) is 3.93. The van der Waals surface area contributed by atoms with Gasteiger partial charge in [0.15, 0.2) is 0 Å². The summed E-state index contributed by atoms with van der Waals surface area (Å²) < 4.78 is 0. The molecule has 1 aliphatic carbocycles. The quantitative estimate of drug-likeness (QED) is 0.690. The van der Waals surface area contributed by atoms with Crippen LogP contribution in [0.4, 0.5) is 0 Å². The van der Waals surface area contributed by atoms with Crippen LogP contribution in [0.25, 0.3) is 0 Å². The van der Waals surface area contributed by atoms with Gasteiger partial charge < -0.3 is 16.4 Å². The van der Waals surface area contributed by atoms with Gasteiger partial charge in [0.1, 0.15) is 0 Å². The largest absolute Gasteiger partial charge is 0.368 e. The van der Waals surface area contributed by atoms with Crippen molar-refractivity contribution in [1.82, 2.24) is 4.90 Å². The number of carbonyl (C=O) groups excluding carboxylic acids is 1. The molecule has 0 aromatic rings. The standard InChI is InChI=1S/C14H29N3O/c1-11(2)7-9-17(12-5-3-4-6-12)10-8-13(15)14(16)18/h11-13H,3-10,15H2,1-2H3,(H2,16,18). The summed E-state index contributed by atoms with van der Waals surface area (Å²) >= 11 is 0. The smallest absolute Gasteiger partial charge is 0.234 e. The highest BCUT2D eigenvalue weighted by atomic mass is 16.1. The normalized spacial score (nSPS) is 18.7. The highest BCUT2D eigenvalue weighted by Gasteiger charge is 2.23. The Bertz CT molecular complexity index is 249. The molecule has 4 N–H and O–H groups in total. The van der Waals surface area contributed by atoms with Crippen LogP contribution >= 0.6 is 0 Å². The van der Waals surface area contributed by atoms with Crippen LogP contribution in [0.2, 0.25) is 0 Å². The van der Waals surface area contributed by atoms with E-state index in [1.54, 1.807) is 0 Å². The summed E-state index contributed by atoms with van der Waals surface area (Å²) in [5, 5.41) is 0. The summed E-state index contributed by atoms with van der Waals surface area (Å²) in [6.45, 7) is 6.53. The van der Waals surface area contributed by atoms with Crippen LogP contribution in [0.5, 0.6) is 0 Å². The molecule has 0 aromatic heterocycles. The Kier molecular flexibility index (Phi) is 6.65. The molecule has 4 heteroatoms. The van der Waals surface area contributed by atoms with E-state index in [9.17, 15) is 4.79 Å². The van der Waals surface area contributed by atoms with Crippen LogP contribution in [0, 0.1) is 5.92 Å². The van der Waals surface area contributed by atoms with Crippen LogP contribution in [-0.4, -0.2) is 36.0 Å². The first-order chi connectivity index (χ1) is 8.50. The summed E-state index contributed by atoms with van der Waals surface area (Å²) in [5.41, 5.74) is 10.9. The van der Waals surface area contributed by atoms with Crippen LogP contribution in [-0.2, 0) is 4.79 Å². The fourth-order valence-corrected chi connectivity index (χ4v) is 2.62. The maximum absolute atomic E-state index is 11.0. The van der Waals surface area contributed by atoms with Gasteiger partial charge in [-0.05, 0) is 38.1 Å². The van der Waals surface area contributed by atoms with Gasteiger partial charge in [0.05, 0.1) is 6.04 Å². The van der Waals surface area contributed by atoms with E-state index in [1.165, 1.54) is 32.1 Å². The maximum Gasteiger partial charge on any atom is 0.234 e. The van der Waals surface area contributed by atoms with Gasteiger partial charge in [-0.15, -0.1) is 0 Å². The Morgan fingerprint density at radius 2 is 1.78 bits per heavy atom. The Hall–Kier alpha value is -0.610. The molecule has 0 radical (unpaired) electrons. The highest BCUT2D eigenvalue weighted by Crippen LogP contribution is 2.24. The zero-order valence-electron chi connectivity index (χ0n) is 11.9. The first-order valence-electron chi connectivity index (χ1n) is 7.29. The van der Waals surface area contributed by atoms with Gasteiger partial charge >= 0.3 is 0 Å². The van der Waals surface area contributed by atoms with E-state index < -0.39 is 6.04 Å². The van der Waals surface area contributed by atoms with Gasteiger partial charge in [-0.1, -0.05) is 26.7 Å². The van der Waals surface area contributed by atoms with Gasteiger partial charge in [0.25, 0.3) is 0 Å². The molecular weight excluding hydrogens is 226 g/mol. The number of nitrogens with zero attached hydrogens (tertiary/aromatic N) is 1. The minimum atomic E-state index is -0.493. The van der Waals surface area contributed by atoms with Crippen LogP contribution in [0.15, 0.2) is 0 Å². The predicted octanol–water partition coefficient (Wildman–Crippen LogP) is 1.48. The Morgan fingerprint density at radius 3 is 2.28 bits per heavy atom. The molecule has 1 atom stereocenters. The molecule has 0 aromatic carbocycles. The molecule has 18 heavy (non-hydrogen) atoms. The number of nitrogens with two attached hydrogens (primary N) is 2. The third-order valence-corrected chi connectivity index (χ3v) is 3.93. The van der Waals surface area contributed by atoms with Crippen molar-refractivity contribution in [2.45, 2.75) is 64.5 Å². The zero-order chi connectivity index (χ0) is 13.5. The average Bonchev–Trinajstić information content (AvgIpc) is 2.81. The maximum atomic E-state index is 11.0. The summed E-state index contributed by atoms with van der Waals surface area (Å²) in [7, 11) is 0. The van der Waals surface area contributed by atoms with Crippen molar-refractivity contribution in [3.63, 3.8) is 0 Å². The number of hydrogen-bond donors (Lipinski definition) is 2. The van der Waals surface area contributed by atoms with Gasteiger partial charge in [0.2, 0.25) is 5.91 Å².